The second-order valence-electron chi connectivity index (χ2n) is 4.75. The fraction of sp³-hybridized carbons (Fsp3) is 0.538. The lowest BCUT2D eigenvalue weighted by Gasteiger charge is -2.29. The Labute approximate surface area is 92.5 Å². The van der Waals surface area contributed by atoms with Crippen LogP contribution in [-0.2, 0) is 5.60 Å². The quantitative estimate of drug-likeness (QED) is 0.823. The number of aliphatic hydroxyl groups is 1. The van der Waals surface area contributed by atoms with Crippen LogP contribution in [0.1, 0.15) is 26.3 Å². The van der Waals surface area contributed by atoms with Crippen LogP contribution in [0.15, 0.2) is 24.3 Å². The molecule has 0 aliphatic carbocycles. The van der Waals surface area contributed by atoms with E-state index in [1.54, 1.807) is 0 Å². The minimum Gasteiger partial charge on any atom is -0.385 e. The van der Waals surface area contributed by atoms with Gasteiger partial charge in [0.1, 0.15) is 0 Å². The van der Waals surface area contributed by atoms with Crippen molar-refractivity contribution in [3.63, 3.8) is 0 Å². The van der Waals surface area contributed by atoms with Gasteiger partial charge in [-0.1, -0.05) is 26.0 Å². The van der Waals surface area contributed by atoms with Crippen LogP contribution in [0.4, 0.5) is 5.69 Å². The van der Waals surface area contributed by atoms with Crippen molar-refractivity contribution in [3.8, 4) is 0 Å². The van der Waals surface area contributed by atoms with Crippen LogP contribution in [0.3, 0.4) is 0 Å². The lowest BCUT2D eigenvalue weighted by atomic mass is 9.85. The van der Waals surface area contributed by atoms with Gasteiger partial charge in [0, 0.05) is 19.8 Å². The normalized spacial score (nSPS) is 15.1. The molecular formula is C13H21NO. The number of anilines is 1. The summed E-state index contributed by atoms with van der Waals surface area (Å²) in [5.41, 5.74) is 1.34. The van der Waals surface area contributed by atoms with Gasteiger partial charge in [-0.2, -0.15) is 0 Å². The van der Waals surface area contributed by atoms with Crippen LogP contribution >= 0.6 is 0 Å². The van der Waals surface area contributed by atoms with Gasteiger partial charge in [-0.25, -0.2) is 0 Å². The molecule has 0 aromatic heterocycles. The van der Waals surface area contributed by atoms with Crippen molar-refractivity contribution in [3.05, 3.63) is 29.8 Å². The first-order valence-electron chi connectivity index (χ1n) is 5.36. The molecule has 0 aliphatic heterocycles. The molecule has 0 amide bonds. The van der Waals surface area contributed by atoms with Crippen molar-refractivity contribution >= 4 is 5.69 Å². The van der Waals surface area contributed by atoms with E-state index in [1.165, 1.54) is 0 Å². The molecule has 0 saturated heterocycles. The Balaban J connectivity index is 3.10. The van der Waals surface area contributed by atoms with Crippen molar-refractivity contribution in [1.29, 1.82) is 0 Å². The SMILES string of the molecule is CC(C)[C@](C)(O)c1cccc(N(C)C)c1. The van der Waals surface area contributed by atoms with Gasteiger partial charge >= 0.3 is 0 Å². The Bertz CT molecular complexity index is 329. The van der Waals surface area contributed by atoms with Gasteiger partial charge in [0.05, 0.1) is 5.60 Å². The molecule has 1 N–H and O–H groups in total. The molecule has 0 spiro atoms. The lowest BCUT2D eigenvalue weighted by Crippen LogP contribution is -2.28. The number of nitrogens with zero attached hydrogens (tertiary/aromatic N) is 1. The van der Waals surface area contributed by atoms with Crippen LogP contribution in [0.2, 0.25) is 0 Å². The average Bonchev–Trinajstić information content (AvgIpc) is 2.17. The maximum atomic E-state index is 10.4. The Kier molecular flexibility index (Phi) is 3.40. The largest absolute Gasteiger partial charge is 0.385 e. The number of hydrogen-bond donors (Lipinski definition) is 1. The van der Waals surface area contributed by atoms with E-state index in [2.05, 4.69) is 0 Å². The van der Waals surface area contributed by atoms with Gasteiger partial charge in [0.15, 0.2) is 0 Å². The molecule has 1 aromatic rings. The molecule has 2 nitrogen and oxygen atoms in total. The van der Waals surface area contributed by atoms with Gasteiger partial charge in [-0.05, 0) is 30.5 Å². The molecule has 0 unspecified atom stereocenters. The summed E-state index contributed by atoms with van der Waals surface area (Å²) >= 11 is 0. The van der Waals surface area contributed by atoms with Gasteiger partial charge < -0.3 is 10.0 Å². The van der Waals surface area contributed by atoms with Gasteiger partial charge in [-0.15, -0.1) is 0 Å². The molecule has 0 aliphatic rings. The van der Waals surface area contributed by atoms with Crippen LogP contribution in [-0.4, -0.2) is 19.2 Å². The van der Waals surface area contributed by atoms with E-state index in [4.69, 9.17) is 0 Å². The predicted molar refractivity (Wildman–Crippen MR) is 65.2 cm³/mol. The van der Waals surface area contributed by atoms with Crippen LogP contribution in [0.25, 0.3) is 0 Å². The third-order valence-corrected chi connectivity index (χ3v) is 3.07. The van der Waals surface area contributed by atoms with E-state index in [0.29, 0.717) is 0 Å². The molecule has 15 heavy (non-hydrogen) atoms. The van der Waals surface area contributed by atoms with Gasteiger partial charge in [0.2, 0.25) is 0 Å². The van der Waals surface area contributed by atoms with Crippen molar-refractivity contribution in [1.82, 2.24) is 0 Å². The van der Waals surface area contributed by atoms with Crippen molar-refractivity contribution < 1.29 is 5.11 Å². The third-order valence-electron chi connectivity index (χ3n) is 3.07. The van der Waals surface area contributed by atoms with E-state index in [9.17, 15) is 5.11 Å². The zero-order valence-corrected chi connectivity index (χ0v) is 10.3. The van der Waals surface area contributed by atoms with Crippen LogP contribution < -0.4 is 4.90 Å². The molecule has 2 heteroatoms. The Morgan fingerprint density at radius 2 is 1.87 bits per heavy atom. The monoisotopic (exact) mass is 207 g/mol. The van der Waals surface area contributed by atoms with E-state index in [-0.39, 0.29) is 5.92 Å². The highest BCUT2D eigenvalue weighted by molar-refractivity contribution is 5.48. The maximum absolute atomic E-state index is 10.4. The summed E-state index contributed by atoms with van der Waals surface area (Å²) in [5, 5.41) is 10.4. The number of hydrogen-bond acceptors (Lipinski definition) is 2. The molecule has 0 fully saturated rings. The first kappa shape index (κ1) is 12.1. The van der Waals surface area contributed by atoms with E-state index in [1.807, 2.05) is 64.0 Å². The highest BCUT2D eigenvalue weighted by Crippen LogP contribution is 2.30. The second-order valence-corrected chi connectivity index (χ2v) is 4.75. The van der Waals surface area contributed by atoms with Crippen LogP contribution in [0.5, 0.6) is 0 Å². The van der Waals surface area contributed by atoms with E-state index in [0.717, 1.165) is 11.3 Å². The first-order valence-corrected chi connectivity index (χ1v) is 5.36. The fourth-order valence-corrected chi connectivity index (χ4v) is 1.43. The lowest BCUT2D eigenvalue weighted by molar-refractivity contribution is 0.00909. The molecule has 1 aromatic carbocycles. The summed E-state index contributed by atoms with van der Waals surface area (Å²) in [6.45, 7) is 5.93. The zero-order valence-electron chi connectivity index (χ0n) is 10.3. The summed E-state index contributed by atoms with van der Waals surface area (Å²) in [6.07, 6.45) is 0. The Morgan fingerprint density at radius 1 is 1.27 bits per heavy atom. The van der Waals surface area contributed by atoms with Crippen molar-refractivity contribution in [2.75, 3.05) is 19.0 Å². The maximum Gasteiger partial charge on any atom is 0.0892 e. The third kappa shape index (κ3) is 2.51. The first-order chi connectivity index (χ1) is 6.85. The van der Waals surface area contributed by atoms with Gasteiger partial charge in [-0.3, -0.25) is 0 Å². The molecule has 0 saturated carbocycles. The molecule has 0 bridgehead atoms. The summed E-state index contributed by atoms with van der Waals surface area (Å²) in [7, 11) is 4.01. The Hall–Kier alpha value is -1.02. The smallest absolute Gasteiger partial charge is 0.0892 e. The zero-order chi connectivity index (χ0) is 11.6. The predicted octanol–water partition coefficient (Wildman–Crippen LogP) is 2.62. The van der Waals surface area contributed by atoms with Gasteiger partial charge in [0.25, 0.3) is 0 Å². The molecule has 84 valence electrons. The van der Waals surface area contributed by atoms with E-state index < -0.39 is 5.60 Å². The summed E-state index contributed by atoms with van der Waals surface area (Å²) in [4.78, 5) is 2.04. The van der Waals surface area contributed by atoms with Crippen molar-refractivity contribution in [2.24, 2.45) is 5.92 Å². The fourth-order valence-electron chi connectivity index (χ4n) is 1.43. The summed E-state index contributed by atoms with van der Waals surface area (Å²) in [5.74, 6) is 0.204. The summed E-state index contributed by atoms with van der Waals surface area (Å²) in [6, 6.07) is 8.05. The number of rotatable bonds is 3. The molecule has 1 atom stereocenters. The number of benzene rings is 1. The van der Waals surface area contributed by atoms with E-state index >= 15 is 0 Å². The molecular weight excluding hydrogens is 186 g/mol. The second kappa shape index (κ2) is 4.23. The highest BCUT2D eigenvalue weighted by Gasteiger charge is 2.27. The minimum atomic E-state index is -0.758. The molecule has 0 radical (unpaired) electrons. The van der Waals surface area contributed by atoms with Crippen LogP contribution in [0, 0.1) is 5.92 Å². The summed E-state index contributed by atoms with van der Waals surface area (Å²) < 4.78 is 0. The van der Waals surface area contributed by atoms with Crippen molar-refractivity contribution in [2.45, 2.75) is 26.4 Å². The minimum absolute atomic E-state index is 0.204. The standard InChI is InChI=1S/C13H21NO/c1-10(2)13(3,15)11-7-6-8-12(9-11)14(4)5/h6-10,15H,1-5H3/t13-/m0/s1. The topological polar surface area (TPSA) is 23.5 Å². The molecule has 1 rings (SSSR count). The molecule has 0 heterocycles. The highest BCUT2D eigenvalue weighted by atomic mass is 16.3. The average molecular weight is 207 g/mol. The Morgan fingerprint density at radius 3 is 2.33 bits per heavy atom.